The third kappa shape index (κ3) is 3.19. The van der Waals surface area contributed by atoms with Crippen molar-refractivity contribution in [3.63, 3.8) is 0 Å². The Labute approximate surface area is 184 Å². The summed E-state index contributed by atoms with van der Waals surface area (Å²) < 4.78 is 47.1. The molecule has 0 amide bonds. The molecule has 9 atom stereocenters. The largest absolute Gasteiger partial charge is 0.390 e. The minimum atomic E-state index is -4.61. The van der Waals surface area contributed by atoms with Gasteiger partial charge < -0.3 is 4.74 Å². The van der Waals surface area contributed by atoms with Gasteiger partial charge in [-0.1, -0.05) is 30.2 Å². The topological polar surface area (TPSA) is 12.5 Å². The van der Waals surface area contributed by atoms with E-state index in [0.717, 1.165) is 32.3 Å². The predicted octanol–water partition coefficient (Wildman–Crippen LogP) is 4.35. The maximum absolute atomic E-state index is 13.9. The summed E-state index contributed by atoms with van der Waals surface area (Å²) in [7, 11) is 24.7. The summed E-state index contributed by atoms with van der Waals surface area (Å²) in [5, 5.41) is -3.84. The van der Waals surface area contributed by atoms with Crippen LogP contribution in [-0.4, -0.2) is 50.3 Å². The second kappa shape index (κ2) is 6.76. The van der Waals surface area contributed by atoms with Gasteiger partial charge in [0.1, 0.15) is 0 Å². The van der Waals surface area contributed by atoms with E-state index in [1.807, 2.05) is 0 Å². The Morgan fingerprint density at radius 3 is 2.20 bits per heavy atom. The second-order valence-corrected chi connectivity index (χ2v) is 11.6. The fourth-order valence-corrected chi connectivity index (χ4v) is 8.87. The molecule has 30 heavy (non-hydrogen) atoms. The van der Waals surface area contributed by atoms with E-state index >= 15 is 0 Å². The molecule has 5 fully saturated rings. The van der Waals surface area contributed by atoms with E-state index in [2.05, 4.69) is 6.92 Å². The highest BCUT2D eigenvalue weighted by Crippen LogP contribution is 2.71. The maximum Gasteiger partial charge on any atom is 0.390 e. The van der Waals surface area contributed by atoms with E-state index in [-0.39, 0.29) is 18.3 Å². The molecular weight excluding hydrogens is 380 g/mol. The second-order valence-electron chi connectivity index (χ2n) is 11.6. The third-order valence-corrected chi connectivity index (χ3v) is 10.1. The van der Waals surface area contributed by atoms with Crippen LogP contribution in [-0.2, 0) is 4.74 Å². The van der Waals surface area contributed by atoms with Crippen molar-refractivity contribution in [3.8, 4) is 0 Å². The molecule has 0 aromatic heterocycles. The van der Waals surface area contributed by atoms with Crippen molar-refractivity contribution in [2.75, 3.05) is 6.61 Å². The number of hydrogen-bond donors (Lipinski definition) is 0. The smallest absolute Gasteiger partial charge is 0.373 e. The van der Waals surface area contributed by atoms with Gasteiger partial charge in [0.2, 0.25) is 0 Å². The molecule has 8 heteroatoms. The number of hydrogen-bond acceptors (Lipinski definition) is 1. The minimum Gasteiger partial charge on any atom is -0.373 e. The van der Waals surface area contributed by atoms with Crippen LogP contribution in [0.15, 0.2) is 0 Å². The van der Waals surface area contributed by atoms with Crippen molar-refractivity contribution in [1.29, 1.82) is 0 Å². The average molecular weight is 410 g/mol. The van der Waals surface area contributed by atoms with E-state index in [9.17, 15) is 13.2 Å². The molecule has 4 unspecified atom stereocenters. The molecule has 5 rings (SSSR count). The molecule has 1 aliphatic heterocycles. The molecule has 0 N–H and O–H groups in total. The lowest BCUT2D eigenvalue weighted by Crippen LogP contribution is -2.59. The number of epoxide rings is 1. The van der Waals surface area contributed by atoms with Gasteiger partial charge in [0, 0.05) is 5.92 Å². The van der Waals surface area contributed by atoms with Crippen molar-refractivity contribution in [3.05, 3.63) is 0 Å². The van der Waals surface area contributed by atoms with Crippen LogP contribution < -0.4 is 0 Å². The molecule has 0 aromatic rings. The van der Waals surface area contributed by atoms with E-state index in [0.29, 0.717) is 41.6 Å². The normalized spacial score (nSPS) is 51.5. The molecule has 8 radical (unpaired) electrons. The van der Waals surface area contributed by atoms with Crippen LogP contribution >= 0.6 is 0 Å². The quantitative estimate of drug-likeness (QED) is 0.488. The van der Waals surface area contributed by atoms with Crippen LogP contribution in [0.3, 0.4) is 0 Å². The average Bonchev–Trinajstić information content (AvgIpc) is 3.34. The predicted molar refractivity (Wildman–Crippen MR) is 114 cm³/mol. The fraction of sp³-hybridized carbons (Fsp3) is 1.00. The highest BCUT2D eigenvalue weighted by molar-refractivity contribution is 6.45. The van der Waals surface area contributed by atoms with Crippen LogP contribution in [0.2, 0.25) is 10.4 Å². The number of rotatable bonds is 2. The Hall–Kier alpha value is 0.00974. The Morgan fingerprint density at radius 2 is 1.57 bits per heavy atom. The molecular formula is C22H29B4F3O. The number of halogens is 3. The van der Waals surface area contributed by atoms with Crippen LogP contribution in [0.4, 0.5) is 13.2 Å². The third-order valence-electron chi connectivity index (χ3n) is 10.1. The monoisotopic (exact) mass is 410 g/mol. The highest BCUT2D eigenvalue weighted by atomic mass is 19.4. The first-order valence-electron chi connectivity index (χ1n) is 11.7. The molecule has 1 saturated heterocycles. The summed E-state index contributed by atoms with van der Waals surface area (Å²) in [6.45, 7) is 3.35. The van der Waals surface area contributed by atoms with Crippen molar-refractivity contribution in [2.45, 2.75) is 81.0 Å². The van der Waals surface area contributed by atoms with Crippen molar-refractivity contribution in [2.24, 2.45) is 46.8 Å². The molecule has 4 aliphatic carbocycles. The number of alkyl halides is 3. The molecule has 156 valence electrons. The first-order valence-corrected chi connectivity index (χ1v) is 11.7. The molecule has 0 aromatic carbocycles. The molecule has 4 saturated carbocycles. The summed E-state index contributed by atoms with van der Waals surface area (Å²) in [6, 6.07) is 0. The molecule has 0 spiro atoms. The zero-order valence-corrected chi connectivity index (χ0v) is 17.8. The highest BCUT2D eigenvalue weighted by Gasteiger charge is 2.65. The van der Waals surface area contributed by atoms with Crippen molar-refractivity contribution < 1.29 is 17.9 Å². The standard InChI is InChI=1S/C22H29B4F3O/c1-19-7-6-13-14(16(19)4-2-11(19)8-12-10-30-12)3-5-17-15(13)9-20(23,24)18(21(17,25)26)22(27,28)29/h11-18H,2-10H2,1H3/t11?,12?,13?,14-,15-,16?,17+,18+,19-/m1/s1. The summed E-state index contributed by atoms with van der Waals surface area (Å²) in [6.07, 6.45) is 3.30. The fourth-order valence-electron chi connectivity index (χ4n) is 8.87. The van der Waals surface area contributed by atoms with E-state index in [1.165, 1.54) is 12.8 Å². The zero-order valence-electron chi connectivity index (χ0n) is 17.8. The van der Waals surface area contributed by atoms with Gasteiger partial charge >= 0.3 is 6.18 Å². The van der Waals surface area contributed by atoms with Gasteiger partial charge in [0.25, 0.3) is 0 Å². The van der Waals surface area contributed by atoms with E-state index in [4.69, 9.17) is 36.1 Å². The Bertz CT molecular complexity index is 694. The van der Waals surface area contributed by atoms with E-state index < -0.39 is 22.5 Å². The van der Waals surface area contributed by atoms with Crippen molar-refractivity contribution in [1.82, 2.24) is 0 Å². The van der Waals surface area contributed by atoms with Crippen LogP contribution in [0.5, 0.6) is 0 Å². The van der Waals surface area contributed by atoms with Gasteiger partial charge in [0.15, 0.2) is 0 Å². The van der Waals surface area contributed by atoms with Gasteiger partial charge in [-0.25, -0.2) is 0 Å². The van der Waals surface area contributed by atoms with Crippen LogP contribution in [0.25, 0.3) is 0 Å². The van der Waals surface area contributed by atoms with Gasteiger partial charge in [0.05, 0.1) is 44.1 Å². The number of ether oxygens (including phenoxy) is 1. The Balaban J connectivity index is 1.41. The van der Waals surface area contributed by atoms with Crippen molar-refractivity contribution >= 4 is 31.4 Å². The van der Waals surface area contributed by atoms with Gasteiger partial charge in [-0.2, -0.15) is 13.2 Å². The first-order chi connectivity index (χ1) is 13.9. The maximum atomic E-state index is 13.9. The lowest BCUT2D eigenvalue weighted by molar-refractivity contribution is -0.205. The summed E-state index contributed by atoms with van der Waals surface area (Å²) in [5.74, 6) is -0.334. The molecule has 1 heterocycles. The lowest BCUT2D eigenvalue weighted by Gasteiger charge is -2.65. The Kier molecular flexibility index (Phi) is 4.92. The van der Waals surface area contributed by atoms with Gasteiger partial charge in [-0.15, -0.1) is 0 Å². The molecule has 1 nitrogen and oxygen atoms in total. The summed E-state index contributed by atoms with van der Waals surface area (Å²) in [4.78, 5) is 0. The SMILES string of the molecule is [B]C1([B])C[C@@H]2C3CC[C@]4(C)C(CC5CO5)CCC4[C@@H]3CC[C@@H]2C([B])([B])[C@H]1C(F)(F)F. The molecule has 5 aliphatic rings. The van der Waals surface area contributed by atoms with Crippen LogP contribution in [0, 0.1) is 46.8 Å². The van der Waals surface area contributed by atoms with E-state index in [1.54, 1.807) is 0 Å². The summed E-state index contributed by atoms with van der Waals surface area (Å²) in [5.41, 5.74) is 0.314. The van der Waals surface area contributed by atoms with Crippen LogP contribution in [0.1, 0.15) is 58.3 Å². The molecule has 0 bridgehead atoms. The first kappa shape index (κ1) is 21.8. The number of fused-ring (bicyclic) bond motifs is 5. The minimum absolute atomic E-state index is 0.0253. The Morgan fingerprint density at radius 1 is 0.900 bits per heavy atom. The zero-order chi connectivity index (χ0) is 21.7. The van der Waals surface area contributed by atoms with Gasteiger partial charge in [-0.3, -0.25) is 0 Å². The van der Waals surface area contributed by atoms with Gasteiger partial charge in [-0.05, 0) is 79.4 Å². The summed E-state index contributed by atoms with van der Waals surface area (Å²) >= 11 is 0. The lowest BCUT2D eigenvalue weighted by atomic mass is 9.25.